The zero-order valence-corrected chi connectivity index (χ0v) is 13.1. The highest BCUT2D eigenvalue weighted by atomic mass is 79.9. The van der Waals surface area contributed by atoms with Crippen molar-refractivity contribution < 1.29 is 0 Å². The van der Waals surface area contributed by atoms with Gasteiger partial charge in [0.25, 0.3) is 0 Å². The summed E-state index contributed by atoms with van der Waals surface area (Å²) < 4.78 is 1.15. The van der Waals surface area contributed by atoms with Crippen LogP contribution in [-0.4, -0.2) is 0 Å². The molecule has 0 spiro atoms. The molecule has 0 aliphatic heterocycles. The molecule has 0 saturated carbocycles. The molecular weight excluding hydrogens is 332 g/mol. The first-order chi connectivity index (χ1) is 9.69. The van der Waals surface area contributed by atoms with E-state index in [-0.39, 0.29) is 0 Å². The van der Waals surface area contributed by atoms with Crippen LogP contribution in [0.3, 0.4) is 0 Å². The molecule has 0 atom stereocenters. The number of hydrogen-bond acceptors (Lipinski definition) is 0. The van der Waals surface area contributed by atoms with E-state index in [1.54, 1.807) is 0 Å². The molecule has 20 heavy (non-hydrogen) atoms. The summed E-state index contributed by atoms with van der Waals surface area (Å²) in [5, 5.41) is 0.814. The Labute approximate surface area is 131 Å². The van der Waals surface area contributed by atoms with Crippen LogP contribution in [0.4, 0.5) is 0 Å². The Morgan fingerprint density at radius 3 is 2.40 bits per heavy atom. The third-order valence-electron chi connectivity index (χ3n) is 4.05. The number of allylic oxidation sites excluding steroid dienone is 2. The van der Waals surface area contributed by atoms with E-state index >= 15 is 0 Å². The maximum absolute atomic E-state index is 6.07. The van der Waals surface area contributed by atoms with Gasteiger partial charge in [-0.15, -0.1) is 0 Å². The Hall–Kier alpha value is -1.31. The zero-order valence-electron chi connectivity index (χ0n) is 10.8. The van der Waals surface area contributed by atoms with Crippen molar-refractivity contribution in [3.05, 3.63) is 79.3 Å². The van der Waals surface area contributed by atoms with Crippen LogP contribution in [0.25, 0.3) is 12.2 Å². The monoisotopic (exact) mass is 342 g/mol. The van der Waals surface area contributed by atoms with Crippen LogP contribution in [0.15, 0.2) is 52.0 Å². The van der Waals surface area contributed by atoms with E-state index < -0.39 is 0 Å². The third kappa shape index (κ3) is 2.06. The molecule has 0 aromatic heterocycles. The molecule has 0 N–H and O–H groups in total. The SMILES string of the molecule is Clc1ccc2c(c1)C=C(C1=Cc3ccc(Br)cc3C1)C2. The highest BCUT2D eigenvalue weighted by Crippen LogP contribution is 2.37. The lowest BCUT2D eigenvalue weighted by atomic mass is 10.0. The molecular formula is C18H12BrCl. The molecule has 2 aromatic rings. The van der Waals surface area contributed by atoms with Crippen molar-refractivity contribution in [1.29, 1.82) is 0 Å². The summed E-state index contributed by atoms with van der Waals surface area (Å²) in [6.07, 6.45) is 6.66. The van der Waals surface area contributed by atoms with Crippen LogP contribution in [0, 0.1) is 0 Å². The van der Waals surface area contributed by atoms with Crippen LogP contribution < -0.4 is 0 Å². The van der Waals surface area contributed by atoms with Gasteiger partial charge in [-0.05, 0) is 70.5 Å². The Morgan fingerprint density at radius 2 is 1.55 bits per heavy atom. The summed E-state index contributed by atoms with van der Waals surface area (Å²) in [6, 6.07) is 12.7. The van der Waals surface area contributed by atoms with Crippen molar-refractivity contribution in [3.8, 4) is 0 Å². The molecule has 0 amide bonds. The molecule has 0 nitrogen and oxygen atoms in total. The van der Waals surface area contributed by atoms with Gasteiger partial charge < -0.3 is 0 Å². The molecule has 4 rings (SSSR count). The van der Waals surface area contributed by atoms with Gasteiger partial charge in [-0.2, -0.15) is 0 Å². The van der Waals surface area contributed by atoms with Gasteiger partial charge in [0.1, 0.15) is 0 Å². The van der Waals surface area contributed by atoms with Gasteiger partial charge in [0.05, 0.1) is 0 Å². The molecule has 2 heteroatoms. The second kappa shape index (κ2) is 4.61. The minimum atomic E-state index is 0.814. The summed E-state index contributed by atoms with van der Waals surface area (Å²) in [5.41, 5.74) is 8.26. The minimum Gasteiger partial charge on any atom is -0.0843 e. The van der Waals surface area contributed by atoms with Gasteiger partial charge in [0.2, 0.25) is 0 Å². The molecule has 0 saturated heterocycles. The Balaban J connectivity index is 1.68. The highest BCUT2D eigenvalue weighted by molar-refractivity contribution is 9.10. The average molecular weight is 344 g/mol. The first-order valence-corrected chi connectivity index (χ1v) is 7.84. The Kier molecular flexibility index (Phi) is 2.87. The van der Waals surface area contributed by atoms with Crippen LogP contribution in [0.5, 0.6) is 0 Å². The predicted molar refractivity (Wildman–Crippen MR) is 89.0 cm³/mol. The second-order valence-electron chi connectivity index (χ2n) is 5.38. The van der Waals surface area contributed by atoms with Crippen molar-refractivity contribution in [2.45, 2.75) is 12.8 Å². The first kappa shape index (κ1) is 12.4. The lowest BCUT2D eigenvalue weighted by Gasteiger charge is -2.03. The quantitative estimate of drug-likeness (QED) is 0.624. The van der Waals surface area contributed by atoms with Gasteiger partial charge in [-0.1, -0.05) is 51.8 Å². The standard InChI is InChI=1S/C18H12BrCl/c19-17-3-1-11-5-13(7-15(11)9-17)14-6-12-2-4-18(20)10-16(12)8-14/h1-5,8-10H,6-7H2. The van der Waals surface area contributed by atoms with Gasteiger partial charge in [-0.25, -0.2) is 0 Å². The minimum absolute atomic E-state index is 0.814. The summed E-state index contributed by atoms with van der Waals surface area (Å²) in [7, 11) is 0. The molecule has 2 aromatic carbocycles. The van der Waals surface area contributed by atoms with Crippen molar-refractivity contribution >= 4 is 39.7 Å². The Bertz CT molecular complexity index is 784. The van der Waals surface area contributed by atoms with Crippen LogP contribution >= 0.6 is 27.5 Å². The van der Waals surface area contributed by atoms with Gasteiger partial charge in [-0.3, -0.25) is 0 Å². The van der Waals surface area contributed by atoms with Crippen LogP contribution in [0.2, 0.25) is 5.02 Å². The molecule has 0 fully saturated rings. The largest absolute Gasteiger partial charge is 0.0843 e. The summed E-state index contributed by atoms with van der Waals surface area (Å²) >= 11 is 9.62. The van der Waals surface area contributed by atoms with Crippen LogP contribution in [-0.2, 0) is 12.8 Å². The van der Waals surface area contributed by atoms with E-state index in [0.717, 1.165) is 22.3 Å². The average Bonchev–Trinajstić information content (AvgIpc) is 3.00. The smallest absolute Gasteiger partial charge is 0.0412 e. The predicted octanol–water partition coefficient (Wildman–Crippen LogP) is 5.68. The number of benzene rings is 2. The Morgan fingerprint density at radius 1 is 0.800 bits per heavy atom. The fourth-order valence-electron chi connectivity index (χ4n) is 3.03. The molecule has 2 aliphatic rings. The van der Waals surface area contributed by atoms with Crippen LogP contribution in [0.1, 0.15) is 22.3 Å². The molecule has 0 radical (unpaired) electrons. The van der Waals surface area contributed by atoms with Gasteiger partial charge >= 0.3 is 0 Å². The number of hydrogen-bond donors (Lipinski definition) is 0. The van der Waals surface area contributed by atoms with E-state index in [1.807, 2.05) is 6.07 Å². The second-order valence-corrected chi connectivity index (χ2v) is 6.73. The zero-order chi connectivity index (χ0) is 13.7. The van der Waals surface area contributed by atoms with E-state index in [1.165, 1.54) is 33.4 Å². The summed E-state index contributed by atoms with van der Waals surface area (Å²) in [4.78, 5) is 0. The normalized spacial score (nSPS) is 15.7. The first-order valence-electron chi connectivity index (χ1n) is 6.67. The molecule has 0 unspecified atom stereocenters. The summed E-state index contributed by atoms with van der Waals surface area (Å²) in [5.74, 6) is 0. The molecule has 98 valence electrons. The van der Waals surface area contributed by atoms with E-state index in [4.69, 9.17) is 11.6 Å². The van der Waals surface area contributed by atoms with E-state index in [2.05, 4.69) is 58.4 Å². The number of rotatable bonds is 1. The lowest BCUT2D eigenvalue weighted by Crippen LogP contribution is -1.90. The fourth-order valence-corrected chi connectivity index (χ4v) is 3.62. The van der Waals surface area contributed by atoms with Crippen molar-refractivity contribution in [3.63, 3.8) is 0 Å². The molecule has 2 aliphatic carbocycles. The summed E-state index contributed by atoms with van der Waals surface area (Å²) in [6.45, 7) is 0. The van der Waals surface area contributed by atoms with Crippen molar-refractivity contribution in [1.82, 2.24) is 0 Å². The van der Waals surface area contributed by atoms with Crippen molar-refractivity contribution in [2.24, 2.45) is 0 Å². The third-order valence-corrected chi connectivity index (χ3v) is 4.78. The lowest BCUT2D eigenvalue weighted by molar-refractivity contribution is 1.13. The molecule has 0 heterocycles. The highest BCUT2D eigenvalue weighted by Gasteiger charge is 2.20. The van der Waals surface area contributed by atoms with Gasteiger partial charge in [0.15, 0.2) is 0 Å². The molecule has 0 bridgehead atoms. The van der Waals surface area contributed by atoms with E-state index in [9.17, 15) is 0 Å². The van der Waals surface area contributed by atoms with Crippen molar-refractivity contribution in [2.75, 3.05) is 0 Å². The van der Waals surface area contributed by atoms with E-state index in [0.29, 0.717) is 0 Å². The van der Waals surface area contributed by atoms with Gasteiger partial charge in [0, 0.05) is 9.50 Å². The topological polar surface area (TPSA) is 0 Å². The number of halogens is 2. The number of fused-ring (bicyclic) bond motifs is 2. The maximum atomic E-state index is 6.07. The maximum Gasteiger partial charge on any atom is 0.0412 e. The fraction of sp³-hybridized carbons (Fsp3) is 0.111.